The van der Waals surface area contributed by atoms with Crippen LogP contribution in [0.2, 0.25) is 0 Å². The van der Waals surface area contributed by atoms with E-state index in [4.69, 9.17) is 0 Å². The molecule has 0 fully saturated rings. The molecule has 0 rings (SSSR count). The van der Waals surface area contributed by atoms with Gasteiger partial charge < -0.3 is 9.80 Å². The Bertz CT molecular complexity index is 105. The summed E-state index contributed by atoms with van der Waals surface area (Å²) in [4.78, 5) is 0. The van der Waals surface area contributed by atoms with Gasteiger partial charge in [0.15, 0.2) is 0 Å². The molecule has 0 amide bonds. The number of hydrogen-bond acceptors (Lipinski definition) is 1. The van der Waals surface area contributed by atoms with Crippen molar-refractivity contribution in [1.29, 1.82) is 0 Å². The second-order valence-electron chi connectivity index (χ2n) is 4.80. The fourth-order valence-corrected chi connectivity index (χ4v) is 1.14. The van der Waals surface area contributed by atoms with Crippen LogP contribution in [-0.2, 0) is 0 Å². The molecule has 0 bridgehead atoms. The Morgan fingerprint density at radius 1 is 1.17 bits per heavy atom. The lowest BCUT2D eigenvalue weighted by molar-refractivity contribution is -0.870. The molecular formula is C10H25N2+. The summed E-state index contributed by atoms with van der Waals surface area (Å²) >= 11 is 0. The van der Waals surface area contributed by atoms with E-state index in [0.717, 1.165) is 16.9 Å². The van der Waals surface area contributed by atoms with Gasteiger partial charge in [-0.25, -0.2) is 0 Å². The van der Waals surface area contributed by atoms with Gasteiger partial charge in [0.25, 0.3) is 0 Å². The van der Waals surface area contributed by atoms with Gasteiger partial charge in [0.05, 0.1) is 27.7 Å². The minimum atomic E-state index is 0.856. The van der Waals surface area contributed by atoms with Gasteiger partial charge in [-0.1, -0.05) is 6.92 Å². The van der Waals surface area contributed by atoms with Crippen LogP contribution in [0, 0.1) is 5.92 Å². The van der Waals surface area contributed by atoms with E-state index in [-0.39, 0.29) is 0 Å². The number of nitrogens with one attached hydrogen (secondary N) is 1. The van der Waals surface area contributed by atoms with Crippen molar-refractivity contribution in [3.8, 4) is 0 Å². The molecule has 1 N–H and O–H groups in total. The average molecular weight is 173 g/mol. The van der Waals surface area contributed by atoms with E-state index in [2.05, 4.69) is 33.4 Å². The molecule has 0 aliphatic rings. The van der Waals surface area contributed by atoms with E-state index in [1.165, 1.54) is 19.4 Å². The Labute approximate surface area is 77.5 Å². The zero-order valence-corrected chi connectivity index (χ0v) is 9.35. The molecule has 74 valence electrons. The van der Waals surface area contributed by atoms with Gasteiger partial charge in [0, 0.05) is 0 Å². The SMILES string of the molecule is CNCCC(C)CC[N+](C)(C)C. The van der Waals surface area contributed by atoms with Crippen molar-refractivity contribution in [2.24, 2.45) is 5.92 Å². The van der Waals surface area contributed by atoms with Gasteiger partial charge >= 0.3 is 0 Å². The van der Waals surface area contributed by atoms with Gasteiger partial charge in [-0.15, -0.1) is 0 Å². The molecule has 0 aromatic heterocycles. The summed E-state index contributed by atoms with van der Waals surface area (Å²) in [5, 5.41) is 3.19. The summed E-state index contributed by atoms with van der Waals surface area (Å²) in [5.74, 6) is 0.856. The lowest BCUT2D eigenvalue weighted by Crippen LogP contribution is -2.36. The molecule has 0 spiro atoms. The quantitative estimate of drug-likeness (QED) is 0.598. The predicted molar refractivity (Wildman–Crippen MR) is 55.2 cm³/mol. The van der Waals surface area contributed by atoms with Crippen molar-refractivity contribution in [3.63, 3.8) is 0 Å². The van der Waals surface area contributed by atoms with E-state index in [1.807, 2.05) is 7.05 Å². The number of nitrogens with zero attached hydrogens (tertiary/aromatic N) is 1. The van der Waals surface area contributed by atoms with E-state index in [9.17, 15) is 0 Å². The van der Waals surface area contributed by atoms with Gasteiger partial charge in [-0.05, 0) is 32.4 Å². The maximum absolute atomic E-state index is 3.19. The molecule has 1 atom stereocenters. The summed E-state index contributed by atoms with van der Waals surface area (Å²) in [6.45, 7) is 4.77. The van der Waals surface area contributed by atoms with Gasteiger partial charge in [-0.2, -0.15) is 0 Å². The maximum Gasteiger partial charge on any atom is 0.0783 e. The summed E-state index contributed by atoms with van der Waals surface area (Å²) in [6.07, 6.45) is 2.64. The maximum atomic E-state index is 3.19. The monoisotopic (exact) mass is 173 g/mol. The zero-order valence-electron chi connectivity index (χ0n) is 9.35. The molecule has 0 saturated carbocycles. The van der Waals surface area contributed by atoms with Crippen molar-refractivity contribution in [3.05, 3.63) is 0 Å². The molecule has 0 radical (unpaired) electrons. The van der Waals surface area contributed by atoms with Crippen LogP contribution in [0.1, 0.15) is 19.8 Å². The lowest BCUT2D eigenvalue weighted by Gasteiger charge is -2.25. The highest BCUT2D eigenvalue weighted by molar-refractivity contribution is 4.53. The second-order valence-corrected chi connectivity index (χ2v) is 4.80. The minimum Gasteiger partial charge on any atom is -0.331 e. The molecular weight excluding hydrogens is 148 g/mol. The summed E-state index contributed by atoms with van der Waals surface area (Å²) in [7, 11) is 8.78. The van der Waals surface area contributed by atoms with Crippen molar-refractivity contribution in [2.75, 3.05) is 41.3 Å². The standard InChI is InChI=1S/C10H25N2/c1-10(6-8-11-2)7-9-12(3,4)5/h10-11H,6-9H2,1-5H3/q+1. The normalized spacial score (nSPS) is 14.8. The van der Waals surface area contributed by atoms with E-state index < -0.39 is 0 Å². The Kier molecular flexibility index (Phi) is 5.51. The Morgan fingerprint density at radius 2 is 1.75 bits per heavy atom. The van der Waals surface area contributed by atoms with Crippen LogP contribution in [0.4, 0.5) is 0 Å². The molecule has 0 aliphatic carbocycles. The third-order valence-electron chi connectivity index (χ3n) is 2.18. The highest BCUT2D eigenvalue weighted by atomic mass is 15.3. The molecule has 1 unspecified atom stereocenters. The van der Waals surface area contributed by atoms with Crippen LogP contribution in [0.5, 0.6) is 0 Å². The van der Waals surface area contributed by atoms with Crippen LogP contribution >= 0.6 is 0 Å². The number of quaternary nitrogens is 1. The highest BCUT2D eigenvalue weighted by Crippen LogP contribution is 2.08. The fraction of sp³-hybridized carbons (Fsp3) is 1.00. The Morgan fingerprint density at radius 3 is 2.17 bits per heavy atom. The third-order valence-corrected chi connectivity index (χ3v) is 2.18. The van der Waals surface area contributed by atoms with Crippen molar-refractivity contribution >= 4 is 0 Å². The van der Waals surface area contributed by atoms with Crippen LogP contribution in [0.3, 0.4) is 0 Å². The topological polar surface area (TPSA) is 12.0 Å². The Balaban J connectivity index is 3.37. The first-order chi connectivity index (χ1) is 5.45. The fourth-order valence-electron chi connectivity index (χ4n) is 1.14. The molecule has 0 aromatic carbocycles. The first-order valence-electron chi connectivity index (χ1n) is 4.91. The van der Waals surface area contributed by atoms with Gasteiger partial charge in [-0.3, -0.25) is 0 Å². The molecule has 0 saturated heterocycles. The molecule has 0 aromatic rings. The summed E-state index contributed by atoms with van der Waals surface area (Å²) < 4.78 is 1.09. The van der Waals surface area contributed by atoms with Gasteiger partial charge in [0.2, 0.25) is 0 Å². The lowest BCUT2D eigenvalue weighted by atomic mass is 10.0. The predicted octanol–water partition coefficient (Wildman–Crippen LogP) is 1.33. The first-order valence-corrected chi connectivity index (χ1v) is 4.91. The Hall–Kier alpha value is -0.0800. The van der Waals surface area contributed by atoms with Crippen molar-refractivity contribution in [2.45, 2.75) is 19.8 Å². The first kappa shape index (κ1) is 11.9. The van der Waals surface area contributed by atoms with Gasteiger partial charge in [0.1, 0.15) is 0 Å². The molecule has 12 heavy (non-hydrogen) atoms. The summed E-state index contributed by atoms with van der Waals surface area (Å²) in [5.41, 5.74) is 0. The van der Waals surface area contributed by atoms with Crippen molar-refractivity contribution in [1.82, 2.24) is 5.32 Å². The molecule has 2 nitrogen and oxygen atoms in total. The zero-order chi connectivity index (χ0) is 9.61. The summed E-state index contributed by atoms with van der Waals surface area (Å²) in [6, 6.07) is 0. The molecule has 0 heterocycles. The van der Waals surface area contributed by atoms with E-state index >= 15 is 0 Å². The van der Waals surface area contributed by atoms with E-state index in [1.54, 1.807) is 0 Å². The number of hydrogen-bond donors (Lipinski definition) is 1. The van der Waals surface area contributed by atoms with Crippen LogP contribution < -0.4 is 5.32 Å². The molecule has 2 heteroatoms. The smallest absolute Gasteiger partial charge is 0.0783 e. The minimum absolute atomic E-state index is 0.856. The van der Waals surface area contributed by atoms with Crippen LogP contribution in [0.15, 0.2) is 0 Å². The van der Waals surface area contributed by atoms with Crippen LogP contribution in [0.25, 0.3) is 0 Å². The molecule has 0 aliphatic heterocycles. The van der Waals surface area contributed by atoms with Crippen LogP contribution in [-0.4, -0.2) is 45.8 Å². The highest BCUT2D eigenvalue weighted by Gasteiger charge is 2.09. The average Bonchev–Trinajstić information content (AvgIpc) is 1.95. The number of rotatable bonds is 6. The van der Waals surface area contributed by atoms with E-state index in [0.29, 0.717) is 0 Å². The third kappa shape index (κ3) is 8.02. The van der Waals surface area contributed by atoms with Crippen molar-refractivity contribution < 1.29 is 4.48 Å². The second kappa shape index (κ2) is 5.55. The largest absolute Gasteiger partial charge is 0.331 e.